The number of hydrogen-bond donors (Lipinski definition) is 1. The number of nitrogens with one attached hydrogen (secondary N) is 1. The van der Waals surface area contributed by atoms with Crippen molar-refractivity contribution in [2.75, 3.05) is 5.32 Å². The van der Waals surface area contributed by atoms with Crippen molar-refractivity contribution in [3.8, 4) is 0 Å². The van der Waals surface area contributed by atoms with Crippen LogP contribution in [0.15, 0.2) is 22.7 Å². The highest BCUT2D eigenvalue weighted by Gasteiger charge is 2.39. The predicted molar refractivity (Wildman–Crippen MR) is 65.1 cm³/mol. The molecule has 1 fully saturated rings. The molecule has 4 heteroatoms. The first-order valence-electron chi connectivity index (χ1n) is 4.84. The van der Waals surface area contributed by atoms with Crippen LogP contribution in [0.4, 0.5) is 5.69 Å². The highest BCUT2D eigenvalue weighted by molar-refractivity contribution is 9.10. The van der Waals surface area contributed by atoms with Gasteiger partial charge in [0.1, 0.15) is 0 Å². The molecule has 0 saturated heterocycles. The summed E-state index contributed by atoms with van der Waals surface area (Å²) in [4.78, 5) is 11.7. The van der Waals surface area contributed by atoms with E-state index in [2.05, 4.69) is 28.2 Å². The normalized spacial score (nSPS) is 23.7. The SMILES string of the molecule is CC1CC1C(=O)Nc1cc(Br)ccc1Cl. The lowest BCUT2D eigenvalue weighted by Gasteiger charge is -2.06. The molecule has 1 aromatic rings. The molecule has 2 atom stereocenters. The molecular formula is C11H11BrClNO. The van der Waals surface area contributed by atoms with Gasteiger partial charge in [0.05, 0.1) is 10.7 Å². The molecule has 1 saturated carbocycles. The zero-order valence-corrected chi connectivity index (χ0v) is 10.6. The number of benzene rings is 1. The minimum Gasteiger partial charge on any atom is -0.324 e. The van der Waals surface area contributed by atoms with E-state index in [0.717, 1.165) is 10.9 Å². The zero-order chi connectivity index (χ0) is 11.0. The fourth-order valence-corrected chi connectivity index (χ4v) is 2.03. The molecule has 1 aliphatic carbocycles. The van der Waals surface area contributed by atoms with Crippen LogP contribution in [-0.2, 0) is 4.79 Å². The molecule has 2 unspecified atom stereocenters. The third-order valence-electron chi connectivity index (χ3n) is 2.63. The van der Waals surface area contributed by atoms with Gasteiger partial charge < -0.3 is 5.32 Å². The highest BCUT2D eigenvalue weighted by atomic mass is 79.9. The van der Waals surface area contributed by atoms with Crippen LogP contribution >= 0.6 is 27.5 Å². The Kier molecular flexibility index (Phi) is 3.03. The Morgan fingerprint density at radius 2 is 2.27 bits per heavy atom. The van der Waals surface area contributed by atoms with E-state index in [4.69, 9.17) is 11.6 Å². The summed E-state index contributed by atoms with van der Waals surface area (Å²) in [6, 6.07) is 5.42. The highest BCUT2D eigenvalue weighted by Crippen LogP contribution is 2.39. The van der Waals surface area contributed by atoms with E-state index in [-0.39, 0.29) is 11.8 Å². The quantitative estimate of drug-likeness (QED) is 0.883. The van der Waals surface area contributed by atoms with Gasteiger partial charge in [-0.2, -0.15) is 0 Å². The first kappa shape index (κ1) is 11.0. The summed E-state index contributed by atoms with van der Waals surface area (Å²) in [5.41, 5.74) is 0.676. The average Bonchev–Trinajstić information content (AvgIpc) is 2.89. The number of carbonyl (C=O) groups excluding carboxylic acids is 1. The van der Waals surface area contributed by atoms with E-state index in [1.807, 2.05) is 12.1 Å². The van der Waals surface area contributed by atoms with Crippen LogP contribution in [0.5, 0.6) is 0 Å². The van der Waals surface area contributed by atoms with Crippen molar-refractivity contribution >= 4 is 39.1 Å². The maximum absolute atomic E-state index is 11.7. The molecule has 0 bridgehead atoms. The minimum absolute atomic E-state index is 0.0718. The lowest BCUT2D eigenvalue weighted by molar-refractivity contribution is -0.117. The van der Waals surface area contributed by atoms with Crippen LogP contribution in [0.3, 0.4) is 0 Å². The number of rotatable bonds is 2. The molecule has 1 aliphatic rings. The maximum Gasteiger partial charge on any atom is 0.227 e. The Morgan fingerprint density at radius 3 is 2.87 bits per heavy atom. The molecule has 0 aliphatic heterocycles. The minimum atomic E-state index is 0.0718. The van der Waals surface area contributed by atoms with Crippen molar-refractivity contribution in [2.24, 2.45) is 11.8 Å². The van der Waals surface area contributed by atoms with Gasteiger partial charge in [-0.25, -0.2) is 0 Å². The van der Waals surface area contributed by atoms with Crippen LogP contribution in [0.25, 0.3) is 0 Å². The summed E-state index contributed by atoms with van der Waals surface area (Å²) in [7, 11) is 0. The standard InChI is InChI=1S/C11H11BrClNO/c1-6-4-8(6)11(15)14-10-5-7(12)2-3-9(10)13/h2-3,5-6,8H,4H2,1H3,(H,14,15). The number of hydrogen-bond acceptors (Lipinski definition) is 1. The largest absolute Gasteiger partial charge is 0.324 e. The summed E-state index contributed by atoms with van der Waals surface area (Å²) >= 11 is 9.31. The van der Waals surface area contributed by atoms with E-state index in [9.17, 15) is 4.79 Å². The fraction of sp³-hybridized carbons (Fsp3) is 0.364. The number of amides is 1. The van der Waals surface area contributed by atoms with Gasteiger partial charge in [0, 0.05) is 10.4 Å². The summed E-state index contributed by atoms with van der Waals surface area (Å²) in [5, 5.41) is 3.41. The van der Waals surface area contributed by atoms with Gasteiger partial charge in [0.2, 0.25) is 5.91 Å². The second-order valence-corrected chi connectivity index (χ2v) is 5.26. The molecule has 15 heavy (non-hydrogen) atoms. The van der Waals surface area contributed by atoms with Gasteiger partial charge in [0.15, 0.2) is 0 Å². The third kappa shape index (κ3) is 2.52. The van der Waals surface area contributed by atoms with Crippen molar-refractivity contribution in [2.45, 2.75) is 13.3 Å². The monoisotopic (exact) mass is 287 g/mol. The van der Waals surface area contributed by atoms with Crippen LogP contribution in [-0.4, -0.2) is 5.91 Å². The summed E-state index contributed by atoms with van der Waals surface area (Å²) < 4.78 is 0.908. The number of carbonyl (C=O) groups is 1. The van der Waals surface area contributed by atoms with Gasteiger partial charge >= 0.3 is 0 Å². The molecule has 0 spiro atoms. The third-order valence-corrected chi connectivity index (χ3v) is 3.46. The van der Waals surface area contributed by atoms with E-state index < -0.39 is 0 Å². The van der Waals surface area contributed by atoms with Gasteiger partial charge in [-0.05, 0) is 30.5 Å². The summed E-state index contributed by atoms with van der Waals surface area (Å²) in [6.45, 7) is 2.08. The molecule has 0 radical (unpaired) electrons. The Bertz CT molecular complexity index is 408. The molecule has 0 aromatic heterocycles. The van der Waals surface area contributed by atoms with Crippen molar-refractivity contribution in [3.63, 3.8) is 0 Å². The van der Waals surface area contributed by atoms with Crippen LogP contribution < -0.4 is 5.32 Å². The molecule has 80 valence electrons. The fourth-order valence-electron chi connectivity index (χ4n) is 1.51. The molecule has 1 N–H and O–H groups in total. The molecule has 0 heterocycles. The smallest absolute Gasteiger partial charge is 0.227 e. The van der Waals surface area contributed by atoms with E-state index in [0.29, 0.717) is 16.6 Å². The topological polar surface area (TPSA) is 29.1 Å². The van der Waals surface area contributed by atoms with Gasteiger partial charge in [-0.1, -0.05) is 34.5 Å². The average molecular weight is 289 g/mol. The van der Waals surface area contributed by atoms with E-state index in [1.54, 1.807) is 6.07 Å². The first-order chi connectivity index (χ1) is 7.08. The summed E-state index contributed by atoms with van der Waals surface area (Å²) in [6.07, 6.45) is 0.984. The summed E-state index contributed by atoms with van der Waals surface area (Å²) in [5.74, 6) is 0.749. The Morgan fingerprint density at radius 1 is 1.60 bits per heavy atom. The van der Waals surface area contributed by atoms with Crippen LogP contribution in [0, 0.1) is 11.8 Å². The predicted octanol–water partition coefficient (Wildman–Crippen LogP) is 3.70. The van der Waals surface area contributed by atoms with Crippen molar-refractivity contribution in [1.29, 1.82) is 0 Å². The molecule has 1 amide bonds. The molecule has 1 aromatic carbocycles. The van der Waals surface area contributed by atoms with Gasteiger partial charge in [-0.3, -0.25) is 4.79 Å². The molecular weight excluding hydrogens is 277 g/mol. The Labute approximate surface area is 102 Å². The van der Waals surface area contributed by atoms with Crippen molar-refractivity contribution < 1.29 is 4.79 Å². The zero-order valence-electron chi connectivity index (χ0n) is 8.26. The van der Waals surface area contributed by atoms with E-state index in [1.165, 1.54) is 0 Å². The van der Waals surface area contributed by atoms with E-state index >= 15 is 0 Å². The molecule has 2 rings (SSSR count). The lowest BCUT2D eigenvalue weighted by Crippen LogP contribution is -2.14. The molecule has 2 nitrogen and oxygen atoms in total. The van der Waals surface area contributed by atoms with Crippen LogP contribution in [0.2, 0.25) is 5.02 Å². The van der Waals surface area contributed by atoms with Gasteiger partial charge in [0.25, 0.3) is 0 Å². The van der Waals surface area contributed by atoms with Crippen molar-refractivity contribution in [3.05, 3.63) is 27.7 Å². The number of anilines is 1. The number of halogens is 2. The lowest BCUT2D eigenvalue weighted by atomic mass is 10.3. The second-order valence-electron chi connectivity index (χ2n) is 3.93. The van der Waals surface area contributed by atoms with Gasteiger partial charge in [-0.15, -0.1) is 0 Å². The van der Waals surface area contributed by atoms with Crippen molar-refractivity contribution in [1.82, 2.24) is 0 Å². The maximum atomic E-state index is 11.7. The van der Waals surface area contributed by atoms with Crippen LogP contribution in [0.1, 0.15) is 13.3 Å². The Hall–Kier alpha value is -0.540. The second kappa shape index (κ2) is 4.14. The first-order valence-corrected chi connectivity index (χ1v) is 6.01. The Balaban J connectivity index is 2.10.